The minimum Gasteiger partial charge on any atom is -0.482 e. The lowest BCUT2D eigenvalue weighted by atomic mass is 9.96. The van der Waals surface area contributed by atoms with Crippen molar-refractivity contribution in [2.45, 2.75) is 25.8 Å². The molecule has 0 atom stereocenters. The maximum Gasteiger partial charge on any atom is 0.344 e. The molecular weight excluding hydrogens is 387 g/mol. The van der Waals surface area contributed by atoms with E-state index in [1.807, 2.05) is 0 Å². The van der Waals surface area contributed by atoms with Gasteiger partial charge in [-0.2, -0.15) is 5.26 Å². The van der Waals surface area contributed by atoms with Gasteiger partial charge in [-0.1, -0.05) is 12.1 Å². The van der Waals surface area contributed by atoms with Crippen LogP contribution in [0.1, 0.15) is 31.5 Å². The van der Waals surface area contributed by atoms with Gasteiger partial charge in [0.05, 0.1) is 6.61 Å². The zero-order chi connectivity index (χ0) is 21.3. The van der Waals surface area contributed by atoms with Crippen LogP contribution in [-0.2, 0) is 9.53 Å². The Morgan fingerprint density at radius 3 is 2.70 bits per heavy atom. The number of halogens is 1. The zero-order valence-corrected chi connectivity index (χ0v) is 16.4. The van der Waals surface area contributed by atoms with Gasteiger partial charge in [-0.3, -0.25) is 9.36 Å². The van der Waals surface area contributed by atoms with Crippen molar-refractivity contribution in [2.24, 2.45) is 0 Å². The third-order valence-electron chi connectivity index (χ3n) is 4.98. The topological polar surface area (TPSA) is 81.3 Å². The summed E-state index contributed by atoms with van der Waals surface area (Å²) in [6.45, 7) is 1.67. The summed E-state index contributed by atoms with van der Waals surface area (Å²) in [6, 6.07) is 12.9. The van der Waals surface area contributed by atoms with E-state index < -0.39 is 11.8 Å². The number of hydrogen-bond acceptors (Lipinski definition) is 5. The van der Waals surface area contributed by atoms with Gasteiger partial charge in [-0.25, -0.2) is 9.18 Å². The Labute approximate surface area is 172 Å². The maximum atomic E-state index is 14.0. The average Bonchev–Trinajstić information content (AvgIpc) is 3.57. The second-order valence-electron chi connectivity index (χ2n) is 7.05. The Balaban J connectivity index is 1.93. The molecule has 152 valence electrons. The molecule has 7 heteroatoms. The highest BCUT2D eigenvalue weighted by Crippen LogP contribution is 2.39. The predicted octanol–water partition coefficient (Wildman–Crippen LogP) is 3.96. The molecule has 0 radical (unpaired) electrons. The highest BCUT2D eigenvalue weighted by atomic mass is 19.1. The van der Waals surface area contributed by atoms with E-state index in [0.717, 1.165) is 12.8 Å². The van der Waals surface area contributed by atoms with Crippen LogP contribution in [0.25, 0.3) is 21.9 Å². The fourth-order valence-corrected chi connectivity index (χ4v) is 3.56. The molecule has 0 saturated heterocycles. The quantitative estimate of drug-likeness (QED) is 0.579. The molecule has 30 heavy (non-hydrogen) atoms. The van der Waals surface area contributed by atoms with E-state index in [0.29, 0.717) is 27.6 Å². The van der Waals surface area contributed by atoms with Gasteiger partial charge in [-0.05, 0) is 55.7 Å². The lowest BCUT2D eigenvalue weighted by Gasteiger charge is -2.16. The van der Waals surface area contributed by atoms with E-state index in [2.05, 4.69) is 6.07 Å². The van der Waals surface area contributed by atoms with Crippen LogP contribution in [-0.4, -0.2) is 23.8 Å². The van der Waals surface area contributed by atoms with Crippen molar-refractivity contribution in [3.8, 4) is 22.9 Å². The smallest absolute Gasteiger partial charge is 0.344 e. The lowest BCUT2D eigenvalue weighted by Crippen LogP contribution is -2.23. The first-order chi connectivity index (χ1) is 14.5. The molecule has 0 unspecified atom stereocenters. The van der Waals surface area contributed by atoms with Crippen LogP contribution in [0.5, 0.6) is 5.75 Å². The molecule has 0 N–H and O–H groups in total. The zero-order valence-electron chi connectivity index (χ0n) is 16.4. The third-order valence-corrected chi connectivity index (χ3v) is 4.98. The summed E-state index contributed by atoms with van der Waals surface area (Å²) >= 11 is 0. The third kappa shape index (κ3) is 3.64. The first-order valence-corrected chi connectivity index (χ1v) is 9.70. The van der Waals surface area contributed by atoms with Crippen molar-refractivity contribution >= 4 is 16.7 Å². The number of rotatable bonds is 6. The van der Waals surface area contributed by atoms with Crippen LogP contribution in [0, 0.1) is 17.1 Å². The Morgan fingerprint density at radius 2 is 2.03 bits per heavy atom. The van der Waals surface area contributed by atoms with Crippen molar-refractivity contribution in [3.63, 3.8) is 0 Å². The molecule has 0 spiro atoms. The number of pyridine rings is 1. The molecule has 0 aliphatic heterocycles. The first-order valence-electron chi connectivity index (χ1n) is 9.70. The number of esters is 1. The number of aromatic nitrogens is 1. The number of carbonyl (C=O) groups is 1. The van der Waals surface area contributed by atoms with Crippen molar-refractivity contribution in [2.75, 3.05) is 13.2 Å². The van der Waals surface area contributed by atoms with Crippen LogP contribution in [0.4, 0.5) is 4.39 Å². The summed E-state index contributed by atoms with van der Waals surface area (Å²) in [4.78, 5) is 24.7. The van der Waals surface area contributed by atoms with Gasteiger partial charge < -0.3 is 9.47 Å². The van der Waals surface area contributed by atoms with E-state index in [-0.39, 0.29) is 30.5 Å². The Morgan fingerprint density at radius 1 is 1.23 bits per heavy atom. The van der Waals surface area contributed by atoms with Gasteiger partial charge in [0.2, 0.25) is 0 Å². The largest absolute Gasteiger partial charge is 0.482 e. The molecule has 0 amide bonds. The van der Waals surface area contributed by atoms with Gasteiger partial charge in [0.25, 0.3) is 5.56 Å². The molecule has 1 fully saturated rings. The van der Waals surface area contributed by atoms with Gasteiger partial charge in [0.15, 0.2) is 6.61 Å². The maximum absolute atomic E-state index is 14.0. The van der Waals surface area contributed by atoms with Crippen molar-refractivity contribution < 1.29 is 18.7 Å². The minimum absolute atomic E-state index is 0.0244. The second-order valence-corrected chi connectivity index (χ2v) is 7.05. The SMILES string of the molecule is CCOC(=O)COc1ccc2c(=O)n(C3CC3)c(C#N)c(-c3cccc(F)c3)c2c1. The molecule has 1 aliphatic carbocycles. The molecule has 4 rings (SSSR count). The first kappa shape index (κ1) is 19.6. The van der Waals surface area contributed by atoms with Crippen molar-refractivity contribution in [3.05, 3.63) is 64.3 Å². The normalized spacial score (nSPS) is 13.1. The number of ether oxygens (including phenoxy) is 2. The Hall–Kier alpha value is -3.66. The van der Waals surface area contributed by atoms with Crippen LogP contribution >= 0.6 is 0 Å². The number of carbonyl (C=O) groups excluding carboxylic acids is 1. The van der Waals surface area contributed by atoms with Gasteiger partial charge in [0.1, 0.15) is 23.3 Å². The van der Waals surface area contributed by atoms with E-state index in [1.54, 1.807) is 37.3 Å². The van der Waals surface area contributed by atoms with Crippen molar-refractivity contribution in [1.29, 1.82) is 5.26 Å². The van der Waals surface area contributed by atoms with E-state index in [1.165, 1.54) is 16.7 Å². The summed E-state index contributed by atoms with van der Waals surface area (Å²) < 4.78 is 25.9. The Bertz CT molecular complexity index is 1240. The number of hydrogen-bond donors (Lipinski definition) is 0. The molecule has 2 aromatic carbocycles. The molecule has 1 saturated carbocycles. The monoisotopic (exact) mass is 406 g/mol. The summed E-state index contributed by atoms with van der Waals surface area (Å²) in [5.74, 6) is -0.603. The highest BCUT2D eigenvalue weighted by Gasteiger charge is 2.30. The molecule has 0 bridgehead atoms. The summed E-state index contributed by atoms with van der Waals surface area (Å²) in [6.07, 6.45) is 1.65. The lowest BCUT2D eigenvalue weighted by molar-refractivity contribution is -0.145. The standard InChI is InChI=1S/C23H19FN2O4/c1-2-29-21(27)13-30-17-8-9-18-19(11-17)22(14-4-3-5-15(24)10-14)20(12-25)26(23(18)28)16-6-7-16/h3-5,8-11,16H,2,6-7,13H2,1H3. The van der Waals surface area contributed by atoms with E-state index in [9.17, 15) is 19.2 Å². The molecule has 6 nitrogen and oxygen atoms in total. The molecule has 1 heterocycles. The van der Waals surface area contributed by atoms with Gasteiger partial charge >= 0.3 is 5.97 Å². The summed E-state index contributed by atoms with van der Waals surface area (Å²) in [5.41, 5.74) is 0.901. The molecule has 3 aromatic rings. The fourth-order valence-electron chi connectivity index (χ4n) is 3.56. The van der Waals surface area contributed by atoms with Gasteiger partial charge in [-0.15, -0.1) is 0 Å². The van der Waals surface area contributed by atoms with Crippen LogP contribution in [0.3, 0.4) is 0 Å². The number of benzene rings is 2. The second kappa shape index (κ2) is 7.99. The number of nitriles is 1. The van der Waals surface area contributed by atoms with E-state index >= 15 is 0 Å². The molecule has 1 aliphatic rings. The number of nitrogens with zero attached hydrogens (tertiary/aromatic N) is 2. The minimum atomic E-state index is -0.509. The van der Waals surface area contributed by atoms with E-state index in [4.69, 9.17) is 9.47 Å². The van der Waals surface area contributed by atoms with Crippen LogP contribution in [0.2, 0.25) is 0 Å². The van der Waals surface area contributed by atoms with Crippen molar-refractivity contribution in [1.82, 2.24) is 4.57 Å². The highest BCUT2D eigenvalue weighted by molar-refractivity contribution is 5.99. The molecule has 1 aromatic heterocycles. The van der Waals surface area contributed by atoms with Crippen LogP contribution in [0.15, 0.2) is 47.3 Å². The summed E-state index contributed by atoms with van der Waals surface area (Å²) in [7, 11) is 0. The van der Waals surface area contributed by atoms with Crippen LogP contribution < -0.4 is 10.3 Å². The van der Waals surface area contributed by atoms with Gasteiger partial charge in [0, 0.05) is 22.4 Å². The fraction of sp³-hybridized carbons (Fsp3) is 0.261. The average molecular weight is 406 g/mol. The molecular formula is C23H19FN2O4. The Kier molecular flexibility index (Phi) is 5.23. The summed E-state index contributed by atoms with van der Waals surface area (Å²) in [5, 5.41) is 10.8. The predicted molar refractivity (Wildman–Crippen MR) is 109 cm³/mol. The number of fused-ring (bicyclic) bond motifs is 1.